The first-order chi connectivity index (χ1) is 7.75. The summed E-state index contributed by atoms with van der Waals surface area (Å²) in [6.07, 6.45) is 0.883. The highest BCUT2D eigenvalue weighted by molar-refractivity contribution is 5.73. The minimum absolute atomic E-state index is 0.0266. The molecule has 3 heteroatoms. The van der Waals surface area contributed by atoms with Gasteiger partial charge in [-0.05, 0) is 18.9 Å². The van der Waals surface area contributed by atoms with Crippen molar-refractivity contribution in [2.24, 2.45) is 5.92 Å². The number of ether oxygens (including phenoxy) is 1. The highest BCUT2D eigenvalue weighted by Crippen LogP contribution is 2.15. The molecular formula is C13H17NO2. The molecule has 1 fully saturated rings. The third-order valence-electron chi connectivity index (χ3n) is 2.91. The molecule has 0 bridgehead atoms. The molecule has 0 saturated carbocycles. The van der Waals surface area contributed by atoms with Crippen LogP contribution in [0.25, 0.3) is 0 Å². The van der Waals surface area contributed by atoms with Crippen molar-refractivity contribution in [1.29, 1.82) is 0 Å². The van der Waals surface area contributed by atoms with Gasteiger partial charge in [0.15, 0.2) is 0 Å². The van der Waals surface area contributed by atoms with E-state index in [1.165, 1.54) is 0 Å². The Morgan fingerprint density at radius 1 is 1.44 bits per heavy atom. The minimum Gasteiger partial charge on any atom is -0.461 e. The fourth-order valence-corrected chi connectivity index (χ4v) is 1.96. The molecule has 0 spiro atoms. The van der Waals surface area contributed by atoms with Crippen LogP contribution >= 0.6 is 0 Å². The SMILES string of the molecule is CC1C[C@H](C(=O)OCc2ccccc2)CN1. The van der Waals surface area contributed by atoms with E-state index in [9.17, 15) is 4.79 Å². The Bertz CT molecular complexity index is 350. The van der Waals surface area contributed by atoms with Gasteiger partial charge in [0.25, 0.3) is 0 Å². The first-order valence-corrected chi connectivity index (χ1v) is 5.69. The molecule has 0 aromatic heterocycles. The third kappa shape index (κ3) is 2.83. The standard InChI is InChI=1S/C13H17NO2/c1-10-7-12(8-14-10)13(15)16-9-11-5-3-2-4-6-11/h2-6,10,12,14H,7-9H2,1H3/t10?,12-/m0/s1. The van der Waals surface area contributed by atoms with Crippen LogP contribution in [0.3, 0.4) is 0 Å². The molecule has 2 atom stereocenters. The van der Waals surface area contributed by atoms with Gasteiger partial charge in [-0.2, -0.15) is 0 Å². The molecule has 0 amide bonds. The summed E-state index contributed by atoms with van der Waals surface area (Å²) in [7, 11) is 0. The number of hydrogen-bond acceptors (Lipinski definition) is 3. The fourth-order valence-electron chi connectivity index (χ4n) is 1.96. The van der Waals surface area contributed by atoms with Crippen LogP contribution in [0.5, 0.6) is 0 Å². The van der Waals surface area contributed by atoms with Gasteiger partial charge in [0.2, 0.25) is 0 Å². The molecule has 1 aromatic rings. The third-order valence-corrected chi connectivity index (χ3v) is 2.91. The molecule has 1 aromatic carbocycles. The second-order valence-corrected chi connectivity index (χ2v) is 4.34. The lowest BCUT2D eigenvalue weighted by molar-refractivity contribution is -0.149. The summed E-state index contributed by atoms with van der Waals surface area (Å²) >= 11 is 0. The van der Waals surface area contributed by atoms with Crippen molar-refractivity contribution in [2.45, 2.75) is 26.0 Å². The fraction of sp³-hybridized carbons (Fsp3) is 0.462. The van der Waals surface area contributed by atoms with E-state index in [4.69, 9.17) is 4.74 Å². The van der Waals surface area contributed by atoms with E-state index in [1.54, 1.807) is 0 Å². The van der Waals surface area contributed by atoms with Gasteiger partial charge in [0.1, 0.15) is 6.61 Å². The first-order valence-electron chi connectivity index (χ1n) is 5.69. The molecule has 0 aliphatic carbocycles. The van der Waals surface area contributed by atoms with Gasteiger partial charge in [-0.15, -0.1) is 0 Å². The molecule has 86 valence electrons. The lowest BCUT2D eigenvalue weighted by Gasteiger charge is -2.09. The van der Waals surface area contributed by atoms with Crippen molar-refractivity contribution in [1.82, 2.24) is 5.32 Å². The summed E-state index contributed by atoms with van der Waals surface area (Å²) < 4.78 is 5.28. The van der Waals surface area contributed by atoms with E-state index in [1.807, 2.05) is 30.3 Å². The van der Waals surface area contributed by atoms with Crippen LogP contribution in [0.1, 0.15) is 18.9 Å². The van der Waals surface area contributed by atoms with Crippen LogP contribution in [-0.2, 0) is 16.1 Å². The Kier molecular flexibility index (Phi) is 3.57. The average Bonchev–Trinajstić information content (AvgIpc) is 2.74. The average molecular weight is 219 g/mol. The van der Waals surface area contributed by atoms with Gasteiger partial charge in [-0.3, -0.25) is 4.79 Å². The zero-order valence-electron chi connectivity index (χ0n) is 9.48. The summed E-state index contributed by atoms with van der Waals surface area (Å²) in [6, 6.07) is 10.2. The van der Waals surface area contributed by atoms with Crippen LogP contribution in [-0.4, -0.2) is 18.6 Å². The van der Waals surface area contributed by atoms with Crippen LogP contribution in [0.4, 0.5) is 0 Å². The van der Waals surface area contributed by atoms with Crippen LogP contribution < -0.4 is 5.32 Å². The Balaban J connectivity index is 1.80. The molecule has 1 saturated heterocycles. The molecule has 3 nitrogen and oxygen atoms in total. The Morgan fingerprint density at radius 3 is 2.81 bits per heavy atom. The number of esters is 1. The van der Waals surface area contributed by atoms with E-state index in [-0.39, 0.29) is 11.9 Å². The Morgan fingerprint density at radius 2 is 2.19 bits per heavy atom. The van der Waals surface area contributed by atoms with Crippen LogP contribution in [0.15, 0.2) is 30.3 Å². The largest absolute Gasteiger partial charge is 0.461 e. The summed E-state index contributed by atoms with van der Waals surface area (Å²) in [5.41, 5.74) is 1.04. The van der Waals surface area contributed by atoms with E-state index in [0.29, 0.717) is 12.6 Å². The van der Waals surface area contributed by atoms with Gasteiger partial charge in [-0.1, -0.05) is 30.3 Å². The van der Waals surface area contributed by atoms with Crippen molar-refractivity contribution in [3.05, 3.63) is 35.9 Å². The van der Waals surface area contributed by atoms with Gasteiger partial charge in [0, 0.05) is 12.6 Å². The number of benzene rings is 1. The molecule has 1 heterocycles. The van der Waals surface area contributed by atoms with Crippen LogP contribution in [0, 0.1) is 5.92 Å². The number of nitrogens with one attached hydrogen (secondary N) is 1. The Labute approximate surface area is 95.8 Å². The summed E-state index contributed by atoms with van der Waals surface area (Å²) in [4.78, 5) is 11.7. The van der Waals surface area contributed by atoms with Crippen molar-refractivity contribution in [3.63, 3.8) is 0 Å². The normalized spacial score (nSPS) is 24.3. The molecule has 1 N–H and O–H groups in total. The second-order valence-electron chi connectivity index (χ2n) is 4.34. The number of carbonyl (C=O) groups excluding carboxylic acids is 1. The molecular weight excluding hydrogens is 202 g/mol. The highest BCUT2D eigenvalue weighted by Gasteiger charge is 2.27. The number of hydrogen-bond donors (Lipinski definition) is 1. The van der Waals surface area contributed by atoms with Gasteiger partial charge in [0.05, 0.1) is 5.92 Å². The first kappa shape index (κ1) is 11.1. The van der Waals surface area contributed by atoms with E-state index in [2.05, 4.69) is 12.2 Å². The number of rotatable bonds is 3. The topological polar surface area (TPSA) is 38.3 Å². The monoisotopic (exact) mass is 219 g/mol. The van der Waals surface area contributed by atoms with E-state index in [0.717, 1.165) is 18.5 Å². The highest BCUT2D eigenvalue weighted by atomic mass is 16.5. The summed E-state index contributed by atoms with van der Waals surface area (Å²) in [5.74, 6) is -0.0561. The van der Waals surface area contributed by atoms with Crippen LogP contribution in [0.2, 0.25) is 0 Å². The van der Waals surface area contributed by atoms with Crippen molar-refractivity contribution in [3.8, 4) is 0 Å². The predicted octanol–water partition coefficient (Wildman–Crippen LogP) is 1.73. The smallest absolute Gasteiger partial charge is 0.310 e. The van der Waals surface area contributed by atoms with Crippen molar-refractivity contribution in [2.75, 3.05) is 6.54 Å². The van der Waals surface area contributed by atoms with Gasteiger partial charge in [-0.25, -0.2) is 0 Å². The number of carbonyl (C=O) groups is 1. The summed E-state index contributed by atoms with van der Waals surface area (Å²) in [5, 5.41) is 3.25. The minimum atomic E-state index is -0.0827. The van der Waals surface area contributed by atoms with Crippen molar-refractivity contribution >= 4 is 5.97 Å². The maximum atomic E-state index is 11.7. The Hall–Kier alpha value is -1.35. The lowest BCUT2D eigenvalue weighted by Crippen LogP contribution is -2.20. The molecule has 16 heavy (non-hydrogen) atoms. The lowest BCUT2D eigenvalue weighted by atomic mass is 10.1. The molecule has 0 radical (unpaired) electrons. The van der Waals surface area contributed by atoms with E-state index >= 15 is 0 Å². The van der Waals surface area contributed by atoms with E-state index < -0.39 is 0 Å². The summed E-state index contributed by atoms with van der Waals surface area (Å²) in [6.45, 7) is 3.21. The predicted molar refractivity (Wildman–Crippen MR) is 61.8 cm³/mol. The quantitative estimate of drug-likeness (QED) is 0.787. The molecule has 1 aliphatic rings. The van der Waals surface area contributed by atoms with Gasteiger partial charge >= 0.3 is 5.97 Å². The zero-order chi connectivity index (χ0) is 11.4. The molecule has 2 rings (SSSR count). The molecule has 1 unspecified atom stereocenters. The maximum absolute atomic E-state index is 11.7. The van der Waals surface area contributed by atoms with Gasteiger partial charge < -0.3 is 10.1 Å². The van der Waals surface area contributed by atoms with Crippen molar-refractivity contribution < 1.29 is 9.53 Å². The zero-order valence-corrected chi connectivity index (χ0v) is 9.48. The maximum Gasteiger partial charge on any atom is 0.310 e. The second kappa shape index (κ2) is 5.12. The molecule has 1 aliphatic heterocycles.